The zero-order valence-electron chi connectivity index (χ0n) is 6.62. The van der Waals surface area contributed by atoms with E-state index in [0.29, 0.717) is 5.56 Å². The van der Waals surface area contributed by atoms with Gasteiger partial charge in [-0.05, 0) is 18.2 Å². The minimum atomic E-state index is -0.330. The van der Waals surface area contributed by atoms with Gasteiger partial charge < -0.3 is 4.74 Å². The average molecular weight is 161 g/mol. The van der Waals surface area contributed by atoms with Crippen molar-refractivity contribution in [3.05, 3.63) is 48.6 Å². The first-order valence-corrected chi connectivity index (χ1v) is 3.58. The monoisotopic (exact) mass is 161 g/mol. The van der Waals surface area contributed by atoms with Crippen molar-refractivity contribution in [2.45, 2.75) is 0 Å². The third kappa shape index (κ3) is 2.23. The number of carbonyl (C=O) groups excluding carboxylic acids is 1. The summed E-state index contributed by atoms with van der Waals surface area (Å²) in [5, 5.41) is 0. The number of rotatable bonds is 3. The molecule has 0 fully saturated rings. The highest BCUT2D eigenvalue weighted by atomic mass is 16.5. The zero-order chi connectivity index (χ0) is 8.81. The van der Waals surface area contributed by atoms with Gasteiger partial charge in [0.25, 0.3) is 0 Å². The summed E-state index contributed by atoms with van der Waals surface area (Å²) < 4.78 is 4.81. The fourth-order valence-electron chi connectivity index (χ4n) is 0.741. The average Bonchev–Trinajstić information content (AvgIpc) is 2.15. The SMILES string of the molecule is C=CCOC(=O)c1cc[c]cc1. The number of carbonyl (C=O) groups is 1. The third-order valence-corrected chi connectivity index (χ3v) is 1.29. The van der Waals surface area contributed by atoms with Gasteiger partial charge >= 0.3 is 5.97 Å². The van der Waals surface area contributed by atoms with Crippen molar-refractivity contribution in [2.75, 3.05) is 6.61 Å². The van der Waals surface area contributed by atoms with E-state index in [0.717, 1.165) is 0 Å². The lowest BCUT2D eigenvalue weighted by atomic mass is 10.2. The van der Waals surface area contributed by atoms with E-state index in [4.69, 9.17) is 4.74 Å². The third-order valence-electron chi connectivity index (χ3n) is 1.29. The van der Waals surface area contributed by atoms with E-state index >= 15 is 0 Å². The van der Waals surface area contributed by atoms with Crippen LogP contribution in [0.2, 0.25) is 0 Å². The van der Waals surface area contributed by atoms with E-state index in [2.05, 4.69) is 12.6 Å². The van der Waals surface area contributed by atoms with Gasteiger partial charge in [0.1, 0.15) is 6.61 Å². The molecule has 0 spiro atoms. The Hall–Kier alpha value is -1.57. The Labute approximate surface area is 71.5 Å². The second-order valence-electron chi connectivity index (χ2n) is 2.18. The predicted octanol–water partition coefficient (Wildman–Crippen LogP) is 1.83. The van der Waals surface area contributed by atoms with E-state index in [1.165, 1.54) is 6.08 Å². The van der Waals surface area contributed by atoms with E-state index < -0.39 is 0 Å². The summed E-state index contributed by atoms with van der Waals surface area (Å²) in [6.45, 7) is 3.69. The molecule has 0 N–H and O–H groups in total. The molecule has 0 aliphatic carbocycles. The molecule has 1 radical (unpaired) electrons. The molecule has 0 saturated heterocycles. The maximum Gasteiger partial charge on any atom is 0.338 e. The molecule has 0 aliphatic rings. The summed E-state index contributed by atoms with van der Waals surface area (Å²) in [6, 6.07) is 9.47. The van der Waals surface area contributed by atoms with Crippen molar-refractivity contribution >= 4 is 5.97 Å². The Bertz CT molecular complexity index is 264. The van der Waals surface area contributed by atoms with Crippen molar-refractivity contribution in [2.24, 2.45) is 0 Å². The first-order chi connectivity index (χ1) is 5.84. The van der Waals surface area contributed by atoms with E-state index in [-0.39, 0.29) is 12.6 Å². The Morgan fingerprint density at radius 1 is 1.58 bits per heavy atom. The molecule has 1 aromatic carbocycles. The second-order valence-corrected chi connectivity index (χ2v) is 2.18. The molecule has 0 amide bonds. The molecule has 0 aliphatic heterocycles. The van der Waals surface area contributed by atoms with Gasteiger partial charge in [-0.25, -0.2) is 4.79 Å². The molecule has 0 atom stereocenters. The Balaban J connectivity index is 2.59. The first kappa shape index (κ1) is 8.53. The fraction of sp³-hybridized carbons (Fsp3) is 0.100. The molecule has 12 heavy (non-hydrogen) atoms. The summed E-state index contributed by atoms with van der Waals surface area (Å²) in [5.41, 5.74) is 0.538. The van der Waals surface area contributed by atoms with Crippen LogP contribution in [-0.4, -0.2) is 12.6 Å². The van der Waals surface area contributed by atoms with Crippen molar-refractivity contribution < 1.29 is 9.53 Å². The lowest BCUT2D eigenvalue weighted by Gasteiger charge is -1.99. The van der Waals surface area contributed by atoms with Crippen LogP contribution < -0.4 is 0 Å². The van der Waals surface area contributed by atoms with E-state index in [1.54, 1.807) is 24.3 Å². The topological polar surface area (TPSA) is 26.3 Å². The van der Waals surface area contributed by atoms with Crippen LogP contribution in [0.3, 0.4) is 0 Å². The smallest absolute Gasteiger partial charge is 0.338 e. The molecular formula is C10H9O2. The Kier molecular flexibility index (Phi) is 3.08. The minimum absolute atomic E-state index is 0.247. The molecule has 1 aromatic rings. The highest BCUT2D eigenvalue weighted by Crippen LogP contribution is 1.99. The zero-order valence-corrected chi connectivity index (χ0v) is 6.62. The molecule has 0 heterocycles. The lowest BCUT2D eigenvalue weighted by Crippen LogP contribution is -2.04. The van der Waals surface area contributed by atoms with Crippen LogP contribution in [0.15, 0.2) is 36.9 Å². The van der Waals surface area contributed by atoms with Crippen LogP contribution in [-0.2, 0) is 4.74 Å². The highest BCUT2D eigenvalue weighted by molar-refractivity contribution is 5.89. The van der Waals surface area contributed by atoms with Gasteiger partial charge in [0, 0.05) is 0 Å². The number of hydrogen-bond acceptors (Lipinski definition) is 2. The minimum Gasteiger partial charge on any atom is -0.458 e. The quantitative estimate of drug-likeness (QED) is 0.499. The molecule has 2 nitrogen and oxygen atoms in total. The Morgan fingerprint density at radius 2 is 2.25 bits per heavy atom. The summed E-state index contributed by atoms with van der Waals surface area (Å²) in [6.07, 6.45) is 1.53. The number of esters is 1. The van der Waals surface area contributed by atoms with Crippen LogP contribution in [0.5, 0.6) is 0 Å². The largest absolute Gasteiger partial charge is 0.458 e. The second kappa shape index (κ2) is 4.34. The van der Waals surface area contributed by atoms with Crippen LogP contribution in [0.4, 0.5) is 0 Å². The summed E-state index contributed by atoms with van der Waals surface area (Å²) in [4.78, 5) is 11.1. The van der Waals surface area contributed by atoms with Gasteiger partial charge in [0.15, 0.2) is 0 Å². The highest BCUT2D eigenvalue weighted by Gasteiger charge is 2.03. The number of hydrogen-bond donors (Lipinski definition) is 0. The molecular weight excluding hydrogens is 152 g/mol. The molecule has 0 aromatic heterocycles. The molecule has 2 heteroatoms. The molecule has 1 rings (SSSR count). The van der Waals surface area contributed by atoms with Gasteiger partial charge in [0.05, 0.1) is 5.56 Å². The number of benzene rings is 1. The van der Waals surface area contributed by atoms with Gasteiger partial charge in [-0.15, -0.1) is 0 Å². The fourth-order valence-corrected chi connectivity index (χ4v) is 0.741. The summed E-state index contributed by atoms with van der Waals surface area (Å²) in [7, 11) is 0. The van der Waals surface area contributed by atoms with Gasteiger partial charge in [-0.3, -0.25) is 0 Å². The van der Waals surface area contributed by atoms with E-state index in [1.807, 2.05) is 0 Å². The predicted molar refractivity (Wildman–Crippen MR) is 45.8 cm³/mol. The molecule has 0 unspecified atom stereocenters. The normalized spacial score (nSPS) is 9.00. The summed E-state index contributed by atoms with van der Waals surface area (Å²) >= 11 is 0. The van der Waals surface area contributed by atoms with E-state index in [9.17, 15) is 4.79 Å². The van der Waals surface area contributed by atoms with Gasteiger partial charge in [0.2, 0.25) is 0 Å². The van der Waals surface area contributed by atoms with Crippen molar-refractivity contribution in [1.29, 1.82) is 0 Å². The lowest BCUT2D eigenvalue weighted by molar-refractivity contribution is 0.0550. The number of ether oxygens (including phenoxy) is 1. The first-order valence-electron chi connectivity index (χ1n) is 3.58. The van der Waals surface area contributed by atoms with Crippen molar-refractivity contribution in [1.82, 2.24) is 0 Å². The van der Waals surface area contributed by atoms with Crippen LogP contribution in [0.25, 0.3) is 0 Å². The molecule has 61 valence electrons. The standard InChI is InChI=1S/C10H9O2/c1-2-8-12-10(11)9-6-4-3-5-7-9/h2,4-7H,1,8H2. The van der Waals surface area contributed by atoms with Crippen molar-refractivity contribution in [3.63, 3.8) is 0 Å². The summed E-state index contributed by atoms with van der Waals surface area (Å²) in [5.74, 6) is -0.330. The maximum atomic E-state index is 11.1. The Morgan fingerprint density at radius 3 is 2.83 bits per heavy atom. The maximum absolute atomic E-state index is 11.1. The van der Waals surface area contributed by atoms with Crippen LogP contribution >= 0.6 is 0 Å². The molecule has 0 saturated carbocycles. The van der Waals surface area contributed by atoms with Gasteiger partial charge in [-0.1, -0.05) is 24.8 Å². The molecule has 0 bridgehead atoms. The van der Waals surface area contributed by atoms with Crippen LogP contribution in [0, 0.1) is 6.07 Å². The van der Waals surface area contributed by atoms with Crippen molar-refractivity contribution in [3.8, 4) is 0 Å². The van der Waals surface area contributed by atoms with Gasteiger partial charge in [-0.2, -0.15) is 0 Å². The van der Waals surface area contributed by atoms with Crippen LogP contribution in [0.1, 0.15) is 10.4 Å².